The lowest BCUT2D eigenvalue weighted by Crippen LogP contribution is -2.56. The van der Waals surface area contributed by atoms with E-state index in [1.807, 2.05) is 12.1 Å². The summed E-state index contributed by atoms with van der Waals surface area (Å²) in [5, 5.41) is 9.60. The topological polar surface area (TPSA) is 32.7 Å². The molecule has 1 saturated carbocycles. The fraction of sp³-hybridized carbons (Fsp3) is 0.625. The van der Waals surface area contributed by atoms with E-state index in [2.05, 4.69) is 4.90 Å². The number of nitrogens with zero attached hydrogens (tertiary/aromatic N) is 1. The summed E-state index contributed by atoms with van der Waals surface area (Å²) in [4.78, 5) is 2.33. The predicted molar refractivity (Wildman–Crippen MR) is 74.8 cm³/mol. The zero-order valence-electron chi connectivity index (χ0n) is 11.7. The van der Waals surface area contributed by atoms with Crippen LogP contribution in [0.3, 0.4) is 0 Å². The molecule has 1 N–H and O–H groups in total. The van der Waals surface area contributed by atoms with Crippen LogP contribution in [0.25, 0.3) is 0 Å². The van der Waals surface area contributed by atoms with Crippen LogP contribution < -0.4 is 0 Å². The summed E-state index contributed by atoms with van der Waals surface area (Å²) >= 11 is 0. The lowest BCUT2D eigenvalue weighted by Gasteiger charge is -2.47. The smallest absolute Gasteiger partial charge is 0.127 e. The molecule has 0 spiro atoms. The van der Waals surface area contributed by atoms with Crippen molar-refractivity contribution in [2.24, 2.45) is 5.41 Å². The summed E-state index contributed by atoms with van der Waals surface area (Å²) in [5.74, 6) is -0.139. The molecule has 0 aromatic heterocycles. The van der Waals surface area contributed by atoms with Crippen LogP contribution in [0.1, 0.15) is 24.8 Å². The summed E-state index contributed by atoms with van der Waals surface area (Å²) in [6, 6.07) is 7.50. The second-order valence-electron chi connectivity index (χ2n) is 6.23. The van der Waals surface area contributed by atoms with Crippen molar-refractivity contribution in [3.05, 3.63) is 35.6 Å². The first-order valence-electron chi connectivity index (χ1n) is 7.38. The molecule has 2 fully saturated rings. The van der Waals surface area contributed by atoms with Crippen molar-refractivity contribution in [1.29, 1.82) is 0 Å². The zero-order chi connectivity index (χ0) is 14.0. The molecular weight excluding hydrogens is 257 g/mol. The van der Waals surface area contributed by atoms with Crippen LogP contribution in [-0.2, 0) is 11.3 Å². The largest absolute Gasteiger partial charge is 0.396 e. The fourth-order valence-corrected chi connectivity index (χ4v) is 2.97. The Morgan fingerprint density at radius 3 is 2.55 bits per heavy atom. The van der Waals surface area contributed by atoms with Crippen LogP contribution in [0, 0.1) is 11.2 Å². The molecule has 1 aliphatic heterocycles. The van der Waals surface area contributed by atoms with Gasteiger partial charge in [-0.2, -0.15) is 0 Å². The molecule has 1 aromatic carbocycles. The van der Waals surface area contributed by atoms with E-state index in [4.69, 9.17) is 4.74 Å². The summed E-state index contributed by atoms with van der Waals surface area (Å²) in [6.45, 7) is 2.79. The molecule has 0 amide bonds. The first-order chi connectivity index (χ1) is 9.72. The SMILES string of the molecule is OCC1(CN(Cc2ccccc2F)C2CCC2)COC1. The molecule has 0 atom stereocenters. The van der Waals surface area contributed by atoms with Crippen LogP contribution in [-0.4, -0.2) is 42.4 Å². The third kappa shape index (κ3) is 2.73. The van der Waals surface area contributed by atoms with Crippen molar-refractivity contribution >= 4 is 0 Å². The highest BCUT2D eigenvalue weighted by Crippen LogP contribution is 2.33. The number of halogens is 1. The highest BCUT2D eigenvalue weighted by atomic mass is 19.1. The third-order valence-electron chi connectivity index (χ3n) is 4.61. The molecular formula is C16H22FNO2. The molecule has 1 heterocycles. The summed E-state index contributed by atoms with van der Waals surface area (Å²) in [5.41, 5.74) is 0.605. The highest BCUT2D eigenvalue weighted by molar-refractivity contribution is 5.17. The first kappa shape index (κ1) is 14.0. The lowest BCUT2D eigenvalue weighted by atomic mass is 9.83. The van der Waals surface area contributed by atoms with Crippen molar-refractivity contribution in [2.75, 3.05) is 26.4 Å². The summed E-state index contributed by atoms with van der Waals surface area (Å²) in [6.07, 6.45) is 3.61. The normalized spacial score (nSPS) is 21.6. The van der Waals surface area contributed by atoms with Gasteiger partial charge in [0.15, 0.2) is 0 Å². The zero-order valence-corrected chi connectivity index (χ0v) is 11.7. The van der Waals surface area contributed by atoms with Gasteiger partial charge in [0, 0.05) is 24.7 Å². The number of aliphatic hydroxyl groups is 1. The van der Waals surface area contributed by atoms with E-state index in [1.165, 1.54) is 25.3 Å². The fourth-order valence-electron chi connectivity index (χ4n) is 2.97. The van der Waals surface area contributed by atoms with Crippen LogP contribution in [0.15, 0.2) is 24.3 Å². The number of aliphatic hydroxyl groups excluding tert-OH is 1. The van der Waals surface area contributed by atoms with E-state index < -0.39 is 0 Å². The molecule has 110 valence electrons. The van der Waals surface area contributed by atoms with E-state index in [9.17, 15) is 9.50 Å². The van der Waals surface area contributed by atoms with Gasteiger partial charge >= 0.3 is 0 Å². The first-order valence-corrected chi connectivity index (χ1v) is 7.38. The Balaban J connectivity index is 1.71. The molecule has 1 aromatic rings. The summed E-state index contributed by atoms with van der Waals surface area (Å²) < 4.78 is 19.1. The van der Waals surface area contributed by atoms with Gasteiger partial charge in [0.05, 0.1) is 25.2 Å². The van der Waals surface area contributed by atoms with Crippen LogP contribution in [0.4, 0.5) is 4.39 Å². The maximum atomic E-state index is 13.8. The Morgan fingerprint density at radius 1 is 1.30 bits per heavy atom. The molecule has 4 heteroatoms. The Kier molecular flexibility index (Phi) is 4.06. The van der Waals surface area contributed by atoms with Crippen molar-refractivity contribution in [3.8, 4) is 0 Å². The number of ether oxygens (including phenoxy) is 1. The second-order valence-corrected chi connectivity index (χ2v) is 6.23. The van der Waals surface area contributed by atoms with Gasteiger partial charge in [-0.1, -0.05) is 24.6 Å². The Bertz CT molecular complexity index is 452. The summed E-state index contributed by atoms with van der Waals surface area (Å²) in [7, 11) is 0. The quantitative estimate of drug-likeness (QED) is 0.866. The molecule has 2 aliphatic rings. The molecule has 0 radical (unpaired) electrons. The average molecular weight is 279 g/mol. The maximum Gasteiger partial charge on any atom is 0.127 e. The van der Waals surface area contributed by atoms with Gasteiger partial charge in [-0.15, -0.1) is 0 Å². The van der Waals surface area contributed by atoms with Crippen LogP contribution in [0.2, 0.25) is 0 Å². The van der Waals surface area contributed by atoms with Crippen LogP contribution in [0.5, 0.6) is 0 Å². The van der Waals surface area contributed by atoms with Gasteiger partial charge in [0.25, 0.3) is 0 Å². The number of hydrogen-bond donors (Lipinski definition) is 1. The Hall–Kier alpha value is -0.970. The number of rotatable bonds is 6. The van der Waals surface area contributed by atoms with Crippen molar-refractivity contribution in [2.45, 2.75) is 31.8 Å². The minimum absolute atomic E-state index is 0.138. The van der Waals surface area contributed by atoms with E-state index in [0.717, 1.165) is 12.1 Å². The Morgan fingerprint density at radius 2 is 2.05 bits per heavy atom. The van der Waals surface area contributed by atoms with Gasteiger partial charge in [-0.3, -0.25) is 4.90 Å². The minimum Gasteiger partial charge on any atom is -0.396 e. The molecule has 3 nitrogen and oxygen atoms in total. The van der Waals surface area contributed by atoms with Gasteiger partial charge in [0.1, 0.15) is 5.82 Å². The molecule has 0 bridgehead atoms. The van der Waals surface area contributed by atoms with Gasteiger partial charge in [-0.25, -0.2) is 4.39 Å². The van der Waals surface area contributed by atoms with Crippen molar-refractivity contribution in [3.63, 3.8) is 0 Å². The average Bonchev–Trinajstić information content (AvgIpc) is 2.34. The van der Waals surface area contributed by atoms with E-state index in [1.54, 1.807) is 6.07 Å². The van der Waals surface area contributed by atoms with Crippen LogP contribution >= 0.6 is 0 Å². The number of benzene rings is 1. The van der Waals surface area contributed by atoms with E-state index >= 15 is 0 Å². The molecule has 1 aliphatic carbocycles. The van der Waals surface area contributed by atoms with Crippen molar-refractivity contribution in [1.82, 2.24) is 4.90 Å². The lowest BCUT2D eigenvalue weighted by molar-refractivity contribution is -0.155. The van der Waals surface area contributed by atoms with E-state index in [-0.39, 0.29) is 17.8 Å². The molecule has 3 rings (SSSR count). The minimum atomic E-state index is -0.139. The molecule has 0 unspecified atom stereocenters. The Labute approximate surface area is 119 Å². The molecule has 1 saturated heterocycles. The van der Waals surface area contributed by atoms with Gasteiger partial charge in [0.2, 0.25) is 0 Å². The third-order valence-corrected chi connectivity index (χ3v) is 4.61. The number of hydrogen-bond acceptors (Lipinski definition) is 3. The second kappa shape index (κ2) is 5.80. The monoisotopic (exact) mass is 279 g/mol. The van der Waals surface area contributed by atoms with Crippen molar-refractivity contribution < 1.29 is 14.2 Å². The van der Waals surface area contributed by atoms with E-state index in [0.29, 0.717) is 25.8 Å². The molecule has 20 heavy (non-hydrogen) atoms. The predicted octanol–water partition coefficient (Wildman–Crippen LogP) is 2.19. The van der Waals surface area contributed by atoms with Gasteiger partial charge in [-0.05, 0) is 18.9 Å². The highest BCUT2D eigenvalue weighted by Gasteiger charge is 2.41. The standard InChI is InChI=1S/C16H22FNO2/c17-15-7-2-1-4-13(15)8-18(14-5-3-6-14)9-16(10-19)11-20-12-16/h1-2,4,7,14,19H,3,5-6,8-12H2. The van der Waals surface area contributed by atoms with Gasteiger partial charge < -0.3 is 9.84 Å². The maximum absolute atomic E-state index is 13.8.